The van der Waals surface area contributed by atoms with Crippen molar-refractivity contribution in [1.82, 2.24) is 15.6 Å². The molecular formula is C19H19N3O. The monoisotopic (exact) mass is 305 g/mol. The Bertz CT molecular complexity index is 806. The Morgan fingerprint density at radius 2 is 1.83 bits per heavy atom. The second-order valence-electron chi connectivity index (χ2n) is 5.25. The quantitative estimate of drug-likeness (QED) is 0.661. The van der Waals surface area contributed by atoms with Crippen molar-refractivity contribution < 1.29 is 4.79 Å². The first-order valence-electron chi connectivity index (χ1n) is 7.64. The van der Waals surface area contributed by atoms with E-state index in [4.69, 9.17) is 0 Å². The van der Waals surface area contributed by atoms with Crippen LogP contribution in [-0.4, -0.2) is 17.6 Å². The van der Waals surface area contributed by atoms with Gasteiger partial charge >= 0.3 is 6.03 Å². The molecule has 0 unspecified atom stereocenters. The van der Waals surface area contributed by atoms with Gasteiger partial charge in [0.15, 0.2) is 0 Å². The average Bonchev–Trinajstić information content (AvgIpc) is 2.99. The Morgan fingerprint density at radius 1 is 1.04 bits per heavy atom. The van der Waals surface area contributed by atoms with Crippen molar-refractivity contribution in [3.05, 3.63) is 78.1 Å². The van der Waals surface area contributed by atoms with Crippen molar-refractivity contribution in [1.29, 1.82) is 0 Å². The molecule has 2 amide bonds. The van der Waals surface area contributed by atoms with Crippen molar-refractivity contribution >= 4 is 23.0 Å². The summed E-state index contributed by atoms with van der Waals surface area (Å²) in [6, 6.07) is 17.8. The Labute approximate surface area is 135 Å². The number of benzene rings is 2. The van der Waals surface area contributed by atoms with E-state index in [2.05, 4.69) is 21.7 Å². The van der Waals surface area contributed by atoms with Crippen molar-refractivity contribution in [3.63, 3.8) is 0 Å². The predicted molar refractivity (Wildman–Crippen MR) is 94.0 cm³/mol. The van der Waals surface area contributed by atoms with E-state index >= 15 is 0 Å². The largest absolute Gasteiger partial charge is 0.361 e. The maximum atomic E-state index is 11.7. The third-order valence-electron chi connectivity index (χ3n) is 3.64. The smallest absolute Gasteiger partial charge is 0.318 e. The van der Waals surface area contributed by atoms with Crippen LogP contribution < -0.4 is 10.6 Å². The minimum absolute atomic E-state index is 0.197. The molecule has 0 bridgehead atoms. The number of hydrogen-bond donors (Lipinski definition) is 3. The van der Waals surface area contributed by atoms with Gasteiger partial charge in [-0.3, -0.25) is 0 Å². The summed E-state index contributed by atoms with van der Waals surface area (Å²) in [4.78, 5) is 15.0. The van der Waals surface area contributed by atoms with Gasteiger partial charge in [-0.05, 0) is 29.7 Å². The number of rotatable bonds is 5. The zero-order valence-electron chi connectivity index (χ0n) is 12.8. The lowest BCUT2D eigenvalue weighted by atomic mass is 10.1. The SMILES string of the molecule is O=C(N/C=C/c1ccccc1)NCCc1c[nH]c2ccccc12. The third-order valence-corrected chi connectivity index (χ3v) is 3.64. The molecule has 3 aromatic rings. The van der Waals surface area contributed by atoms with Crippen LogP contribution >= 0.6 is 0 Å². The lowest BCUT2D eigenvalue weighted by Crippen LogP contribution is -2.33. The molecule has 23 heavy (non-hydrogen) atoms. The molecule has 1 aromatic heterocycles. The summed E-state index contributed by atoms with van der Waals surface area (Å²) in [5, 5.41) is 6.77. The summed E-state index contributed by atoms with van der Waals surface area (Å²) < 4.78 is 0. The van der Waals surface area contributed by atoms with Crippen LogP contribution in [0.3, 0.4) is 0 Å². The van der Waals surface area contributed by atoms with Crippen molar-refractivity contribution in [2.75, 3.05) is 6.54 Å². The molecular weight excluding hydrogens is 286 g/mol. The van der Waals surface area contributed by atoms with E-state index in [0.29, 0.717) is 6.54 Å². The minimum Gasteiger partial charge on any atom is -0.361 e. The van der Waals surface area contributed by atoms with Crippen LogP contribution in [0, 0.1) is 0 Å². The number of carbonyl (C=O) groups excluding carboxylic acids is 1. The molecule has 0 atom stereocenters. The van der Waals surface area contributed by atoms with Crippen LogP contribution in [0.25, 0.3) is 17.0 Å². The Balaban J connectivity index is 1.45. The summed E-state index contributed by atoms with van der Waals surface area (Å²) in [6.45, 7) is 0.590. The number of hydrogen-bond acceptors (Lipinski definition) is 1. The molecule has 0 aliphatic carbocycles. The fraction of sp³-hybridized carbons (Fsp3) is 0.105. The van der Waals surface area contributed by atoms with E-state index in [1.165, 1.54) is 10.9 Å². The molecule has 0 radical (unpaired) electrons. The first-order valence-corrected chi connectivity index (χ1v) is 7.64. The minimum atomic E-state index is -0.197. The summed E-state index contributed by atoms with van der Waals surface area (Å²) in [5.74, 6) is 0. The van der Waals surface area contributed by atoms with E-state index in [1.807, 2.05) is 60.8 Å². The lowest BCUT2D eigenvalue weighted by molar-refractivity contribution is 0.244. The van der Waals surface area contributed by atoms with E-state index in [0.717, 1.165) is 17.5 Å². The van der Waals surface area contributed by atoms with E-state index in [1.54, 1.807) is 6.20 Å². The highest BCUT2D eigenvalue weighted by Crippen LogP contribution is 2.17. The molecule has 4 nitrogen and oxygen atoms in total. The van der Waals surface area contributed by atoms with Crippen LogP contribution in [0.4, 0.5) is 4.79 Å². The summed E-state index contributed by atoms with van der Waals surface area (Å²) >= 11 is 0. The molecule has 0 aliphatic rings. The standard InChI is InChI=1S/C19H19N3O/c23-19(20-12-10-15-6-2-1-3-7-15)21-13-11-16-14-22-18-9-5-4-8-17(16)18/h1-10,12,14,22H,11,13H2,(H2,20,21,23)/b12-10+. The number of amides is 2. The van der Waals surface area contributed by atoms with Crippen molar-refractivity contribution in [2.24, 2.45) is 0 Å². The fourth-order valence-electron chi connectivity index (χ4n) is 2.48. The number of aromatic amines is 1. The molecule has 0 fully saturated rings. The molecule has 3 N–H and O–H groups in total. The van der Waals surface area contributed by atoms with E-state index in [-0.39, 0.29) is 6.03 Å². The van der Waals surface area contributed by atoms with E-state index in [9.17, 15) is 4.79 Å². The van der Waals surface area contributed by atoms with Crippen molar-refractivity contribution in [2.45, 2.75) is 6.42 Å². The fourth-order valence-corrected chi connectivity index (χ4v) is 2.48. The van der Waals surface area contributed by atoms with Crippen LogP contribution in [0.15, 0.2) is 67.0 Å². The van der Waals surface area contributed by atoms with Crippen LogP contribution in [-0.2, 0) is 6.42 Å². The highest BCUT2D eigenvalue weighted by Gasteiger charge is 2.03. The Morgan fingerprint density at radius 3 is 2.70 bits per heavy atom. The van der Waals surface area contributed by atoms with Crippen LogP contribution in [0.1, 0.15) is 11.1 Å². The normalized spacial score (nSPS) is 11.0. The van der Waals surface area contributed by atoms with Gasteiger partial charge in [0.05, 0.1) is 0 Å². The van der Waals surface area contributed by atoms with E-state index < -0.39 is 0 Å². The predicted octanol–water partition coefficient (Wildman–Crippen LogP) is 3.68. The second-order valence-corrected chi connectivity index (χ2v) is 5.25. The van der Waals surface area contributed by atoms with Gasteiger partial charge in [-0.2, -0.15) is 0 Å². The zero-order chi connectivity index (χ0) is 15.9. The van der Waals surface area contributed by atoms with Crippen LogP contribution in [0.2, 0.25) is 0 Å². The van der Waals surface area contributed by atoms with Gasteiger partial charge in [0.25, 0.3) is 0 Å². The zero-order valence-corrected chi connectivity index (χ0v) is 12.8. The summed E-state index contributed by atoms with van der Waals surface area (Å²) in [7, 11) is 0. The third kappa shape index (κ3) is 4.01. The Kier molecular flexibility index (Phi) is 4.74. The topological polar surface area (TPSA) is 56.9 Å². The van der Waals surface area contributed by atoms with Gasteiger partial charge in [0, 0.05) is 29.8 Å². The number of para-hydroxylation sites is 1. The average molecular weight is 305 g/mol. The first-order chi connectivity index (χ1) is 11.3. The molecule has 4 heteroatoms. The highest BCUT2D eigenvalue weighted by atomic mass is 16.2. The number of carbonyl (C=O) groups is 1. The van der Waals surface area contributed by atoms with Gasteiger partial charge in [0.1, 0.15) is 0 Å². The van der Waals surface area contributed by atoms with Crippen molar-refractivity contribution in [3.8, 4) is 0 Å². The molecule has 0 saturated heterocycles. The molecule has 3 rings (SSSR count). The van der Waals surface area contributed by atoms with Gasteiger partial charge in [-0.1, -0.05) is 48.5 Å². The van der Waals surface area contributed by atoms with Gasteiger partial charge in [-0.15, -0.1) is 0 Å². The number of urea groups is 1. The molecule has 0 aliphatic heterocycles. The van der Waals surface area contributed by atoms with Gasteiger partial charge < -0.3 is 15.6 Å². The highest BCUT2D eigenvalue weighted by molar-refractivity contribution is 5.83. The number of nitrogens with one attached hydrogen (secondary N) is 3. The summed E-state index contributed by atoms with van der Waals surface area (Å²) in [5.41, 5.74) is 3.38. The first kappa shape index (κ1) is 14.9. The maximum absolute atomic E-state index is 11.7. The molecule has 1 heterocycles. The molecule has 116 valence electrons. The van der Waals surface area contributed by atoms with Gasteiger partial charge in [0.2, 0.25) is 0 Å². The lowest BCUT2D eigenvalue weighted by Gasteiger charge is -2.04. The molecule has 0 saturated carbocycles. The molecule has 2 aromatic carbocycles. The maximum Gasteiger partial charge on any atom is 0.318 e. The number of H-pyrrole nitrogens is 1. The second kappa shape index (κ2) is 7.31. The van der Waals surface area contributed by atoms with Gasteiger partial charge in [-0.25, -0.2) is 4.79 Å². The number of aromatic nitrogens is 1. The van der Waals surface area contributed by atoms with Crippen LogP contribution in [0.5, 0.6) is 0 Å². The number of fused-ring (bicyclic) bond motifs is 1. The summed E-state index contributed by atoms with van der Waals surface area (Å²) in [6.07, 6.45) is 6.30. The molecule has 0 spiro atoms. The Hall–Kier alpha value is -3.01.